The lowest BCUT2D eigenvalue weighted by Gasteiger charge is -2.12. The Bertz CT molecular complexity index is 486. The van der Waals surface area contributed by atoms with E-state index in [0.717, 1.165) is 17.1 Å². The van der Waals surface area contributed by atoms with E-state index in [1.54, 1.807) is 20.8 Å². The number of nitrogens with zero attached hydrogens (tertiary/aromatic N) is 3. The molecular formula is C10H14F3N3OS. The SMILES string of the molecule is Cn1ncc(C=NS(=O)C(C)(C)C)c1C(F)(F)F. The van der Waals surface area contributed by atoms with Gasteiger partial charge in [-0.25, -0.2) is 4.21 Å². The van der Waals surface area contributed by atoms with Gasteiger partial charge in [-0.05, 0) is 20.8 Å². The van der Waals surface area contributed by atoms with Gasteiger partial charge in [-0.2, -0.15) is 22.7 Å². The minimum atomic E-state index is -4.52. The largest absolute Gasteiger partial charge is 0.433 e. The molecule has 1 rings (SSSR count). The van der Waals surface area contributed by atoms with Gasteiger partial charge >= 0.3 is 6.18 Å². The summed E-state index contributed by atoms with van der Waals surface area (Å²) in [5.41, 5.74) is -1.10. The zero-order valence-corrected chi connectivity index (χ0v) is 11.3. The van der Waals surface area contributed by atoms with Gasteiger partial charge in [0.05, 0.1) is 10.9 Å². The second kappa shape index (κ2) is 4.83. The maximum Gasteiger partial charge on any atom is 0.433 e. The summed E-state index contributed by atoms with van der Waals surface area (Å²) in [7, 11) is -0.403. The van der Waals surface area contributed by atoms with E-state index in [1.807, 2.05) is 0 Å². The summed E-state index contributed by atoms with van der Waals surface area (Å²) in [4.78, 5) is 0. The minimum absolute atomic E-state index is 0.192. The van der Waals surface area contributed by atoms with Gasteiger partial charge in [0.15, 0.2) is 5.69 Å². The van der Waals surface area contributed by atoms with Crippen molar-refractivity contribution in [3.8, 4) is 0 Å². The molecule has 1 heterocycles. The quantitative estimate of drug-likeness (QED) is 0.781. The Hall–Kier alpha value is -1.18. The predicted molar refractivity (Wildman–Crippen MR) is 63.7 cm³/mol. The average molecular weight is 281 g/mol. The van der Waals surface area contributed by atoms with Gasteiger partial charge in [-0.1, -0.05) is 0 Å². The van der Waals surface area contributed by atoms with Gasteiger partial charge in [0.1, 0.15) is 11.0 Å². The number of aryl methyl sites for hydroxylation is 1. The topological polar surface area (TPSA) is 47.2 Å². The lowest BCUT2D eigenvalue weighted by molar-refractivity contribution is -0.143. The van der Waals surface area contributed by atoms with Crippen LogP contribution >= 0.6 is 0 Å². The van der Waals surface area contributed by atoms with Crippen molar-refractivity contribution >= 4 is 17.2 Å². The van der Waals surface area contributed by atoms with Gasteiger partial charge in [-0.15, -0.1) is 0 Å². The van der Waals surface area contributed by atoms with E-state index < -0.39 is 27.6 Å². The standard InChI is InChI=1S/C10H14F3N3OS/c1-9(2,3)18(17)15-6-7-5-14-16(4)8(7)10(11,12)13/h5-6H,1-4H3. The molecule has 8 heteroatoms. The van der Waals surface area contributed by atoms with Crippen LogP contribution in [0.2, 0.25) is 0 Å². The molecule has 0 bridgehead atoms. The van der Waals surface area contributed by atoms with Crippen LogP contribution in [0.25, 0.3) is 0 Å². The number of halogens is 3. The smallest absolute Gasteiger partial charge is 0.263 e. The predicted octanol–water partition coefficient (Wildman–Crippen LogP) is 2.32. The number of hydrogen-bond donors (Lipinski definition) is 0. The van der Waals surface area contributed by atoms with Crippen molar-refractivity contribution in [3.63, 3.8) is 0 Å². The molecule has 18 heavy (non-hydrogen) atoms. The van der Waals surface area contributed by atoms with Gasteiger partial charge in [0, 0.05) is 18.8 Å². The fraction of sp³-hybridized carbons (Fsp3) is 0.600. The Kier molecular flexibility index (Phi) is 3.99. The molecule has 0 amide bonds. The fourth-order valence-corrected chi connectivity index (χ4v) is 1.68. The van der Waals surface area contributed by atoms with Crippen molar-refractivity contribution in [2.45, 2.75) is 31.7 Å². The monoisotopic (exact) mass is 281 g/mol. The Balaban J connectivity index is 3.07. The third kappa shape index (κ3) is 3.41. The molecular weight excluding hydrogens is 267 g/mol. The van der Waals surface area contributed by atoms with E-state index in [0.29, 0.717) is 0 Å². The van der Waals surface area contributed by atoms with Crippen molar-refractivity contribution in [3.05, 3.63) is 17.5 Å². The second-order valence-electron chi connectivity index (χ2n) is 4.67. The summed E-state index contributed by atoms with van der Waals surface area (Å²) in [5.74, 6) is 0. The third-order valence-corrected chi connectivity index (χ3v) is 3.39. The molecule has 0 aliphatic heterocycles. The van der Waals surface area contributed by atoms with Crippen molar-refractivity contribution in [1.29, 1.82) is 0 Å². The van der Waals surface area contributed by atoms with Crippen molar-refractivity contribution in [2.24, 2.45) is 11.4 Å². The average Bonchev–Trinajstić information content (AvgIpc) is 2.53. The molecule has 1 aromatic rings. The van der Waals surface area contributed by atoms with E-state index in [9.17, 15) is 17.4 Å². The zero-order chi connectivity index (χ0) is 14.1. The summed E-state index contributed by atoms with van der Waals surface area (Å²) >= 11 is 0. The molecule has 0 aromatic carbocycles. The van der Waals surface area contributed by atoms with Crippen LogP contribution in [0.1, 0.15) is 32.0 Å². The highest BCUT2D eigenvalue weighted by Crippen LogP contribution is 2.30. The summed E-state index contributed by atoms with van der Waals surface area (Å²) in [5, 5.41) is 3.53. The third-order valence-electron chi connectivity index (χ3n) is 2.05. The van der Waals surface area contributed by atoms with Crippen LogP contribution < -0.4 is 0 Å². The van der Waals surface area contributed by atoms with E-state index in [4.69, 9.17) is 0 Å². The molecule has 1 atom stereocenters. The Morgan fingerprint density at radius 2 is 1.94 bits per heavy atom. The van der Waals surface area contributed by atoms with Gasteiger partial charge in [0.2, 0.25) is 0 Å². The minimum Gasteiger partial charge on any atom is -0.263 e. The summed E-state index contributed by atoms with van der Waals surface area (Å²) in [6.45, 7) is 5.07. The number of hydrogen-bond acceptors (Lipinski definition) is 2. The Morgan fingerprint density at radius 1 is 1.39 bits per heavy atom. The van der Waals surface area contributed by atoms with Crippen LogP contribution in [0.5, 0.6) is 0 Å². The maximum absolute atomic E-state index is 12.7. The van der Waals surface area contributed by atoms with Crippen LogP contribution in [0.4, 0.5) is 13.2 Å². The zero-order valence-electron chi connectivity index (χ0n) is 10.4. The molecule has 0 radical (unpaired) electrons. The van der Waals surface area contributed by atoms with Gasteiger partial charge < -0.3 is 0 Å². The molecule has 0 spiro atoms. The first-order valence-electron chi connectivity index (χ1n) is 5.08. The highest BCUT2D eigenvalue weighted by atomic mass is 32.2. The number of alkyl halides is 3. The summed E-state index contributed by atoms with van der Waals surface area (Å²) in [6, 6.07) is 0. The number of aromatic nitrogens is 2. The van der Waals surface area contributed by atoms with Crippen LogP contribution in [0.15, 0.2) is 10.6 Å². The lowest BCUT2D eigenvalue weighted by atomic mass is 10.2. The molecule has 1 unspecified atom stereocenters. The highest BCUT2D eigenvalue weighted by molar-refractivity contribution is 7.85. The van der Waals surface area contributed by atoms with Crippen molar-refractivity contribution in [1.82, 2.24) is 9.78 Å². The molecule has 0 aliphatic carbocycles. The van der Waals surface area contributed by atoms with Gasteiger partial charge in [-0.3, -0.25) is 4.68 Å². The first-order chi connectivity index (χ1) is 8.03. The highest BCUT2D eigenvalue weighted by Gasteiger charge is 2.37. The summed E-state index contributed by atoms with van der Waals surface area (Å²) in [6.07, 6.45) is -2.51. The van der Waals surface area contributed by atoms with E-state index >= 15 is 0 Å². The van der Waals surface area contributed by atoms with Crippen LogP contribution in [0, 0.1) is 0 Å². The van der Waals surface area contributed by atoms with Crippen LogP contribution in [-0.2, 0) is 24.2 Å². The first-order valence-corrected chi connectivity index (χ1v) is 6.19. The molecule has 0 saturated heterocycles. The van der Waals surface area contributed by atoms with Gasteiger partial charge in [0.25, 0.3) is 0 Å². The first kappa shape index (κ1) is 14.9. The molecule has 0 saturated carbocycles. The normalized spacial score (nSPS) is 15.3. The van der Waals surface area contributed by atoms with Crippen molar-refractivity contribution in [2.75, 3.05) is 0 Å². The molecule has 4 nitrogen and oxygen atoms in total. The molecule has 1 aromatic heterocycles. The van der Waals surface area contributed by atoms with Crippen LogP contribution in [-0.4, -0.2) is 25.0 Å². The van der Waals surface area contributed by atoms with Crippen LogP contribution in [0.3, 0.4) is 0 Å². The molecule has 0 aliphatic rings. The summed E-state index contributed by atoms with van der Waals surface area (Å²) < 4.78 is 53.5. The molecule has 0 N–H and O–H groups in total. The Morgan fingerprint density at radius 3 is 2.39 bits per heavy atom. The lowest BCUT2D eigenvalue weighted by Crippen LogP contribution is -2.20. The maximum atomic E-state index is 12.7. The fourth-order valence-electron chi connectivity index (χ4n) is 1.16. The Labute approximate surface area is 105 Å². The molecule has 0 fully saturated rings. The number of rotatable bonds is 2. The molecule has 102 valence electrons. The second-order valence-corrected chi connectivity index (χ2v) is 6.60. The van der Waals surface area contributed by atoms with E-state index in [1.165, 1.54) is 7.05 Å². The van der Waals surface area contributed by atoms with Crippen molar-refractivity contribution < 1.29 is 17.4 Å². The van der Waals surface area contributed by atoms with E-state index in [2.05, 4.69) is 9.50 Å². The van der Waals surface area contributed by atoms with E-state index in [-0.39, 0.29) is 5.56 Å².